The zero-order valence-electron chi connectivity index (χ0n) is 13.1. The molecule has 0 heterocycles. The van der Waals surface area contributed by atoms with Gasteiger partial charge in [0.2, 0.25) is 0 Å². The molecule has 3 nitrogen and oxygen atoms in total. The van der Waals surface area contributed by atoms with E-state index in [0.717, 1.165) is 28.9 Å². The van der Waals surface area contributed by atoms with Crippen molar-refractivity contribution in [1.82, 2.24) is 0 Å². The Kier molecular flexibility index (Phi) is 5.37. The Labute approximate surface area is 131 Å². The summed E-state index contributed by atoms with van der Waals surface area (Å²) in [4.78, 5) is 11.8. The molecule has 0 N–H and O–H groups in total. The number of allylic oxidation sites excluding steroid dienone is 5. The summed E-state index contributed by atoms with van der Waals surface area (Å²) < 4.78 is 10.6. The summed E-state index contributed by atoms with van der Waals surface area (Å²) >= 11 is 0. The molecule has 0 atom stereocenters. The molecule has 0 unspecified atom stereocenters. The number of esters is 1. The molecule has 2 rings (SSSR count). The number of para-hydroxylation sites is 1. The number of benzene rings is 1. The average Bonchev–Trinajstić information content (AvgIpc) is 2.55. The van der Waals surface area contributed by atoms with Gasteiger partial charge in [0, 0.05) is 0 Å². The van der Waals surface area contributed by atoms with Crippen LogP contribution in [0.3, 0.4) is 0 Å². The topological polar surface area (TPSA) is 35.5 Å². The maximum absolute atomic E-state index is 11.8. The van der Waals surface area contributed by atoms with Gasteiger partial charge in [0.05, 0.1) is 18.9 Å². The van der Waals surface area contributed by atoms with Gasteiger partial charge in [0.1, 0.15) is 5.75 Å². The van der Waals surface area contributed by atoms with Crippen LogP contribution in [0.4, 0.5) is 0 Å². The van der Waals surface area contributed by atoms with Crippen molar-refractivity contribution in [3.05, 3.63) is 77.1 Å². The van der Waals surface area contributed by atoms with Crippen molar-refractivity contribution in [1.29, 1.82) is 0 Å². The Morgan fingerprint density at radius 1 is 1.27 bits per heavy atom. The summed E-state index contributed by atoms with van der Waals surface area (Å²) in [6, 6.07) is 7.86. The van der Waals surface area contributed by atoms with Crippen molar-refractivity contribution in [3.63, 3.8) is 0 Å². The monoisotopic (exact) mass is 296 g/mol. The van der Waals surface area contributed by atoms with Crippen LogP contribution in [0.25, 0.3) is 0 Å². The number of aryl methyl sites for hydroxylation is 1. The summed E-state index contributed by atoms with van der Waals surface area (Å²) in [6.07, 6.45) is 10.1. The summed E-state index contributed by atoms with van der Waals surface area (Å²) in [7, 11) is 1.39. The van der Waals surface area contributed by atoms with Crippen molar-refractivity contribution in [2.75, 3.05) is 7.11 Å². The van der Waals surface area contributed by atoms with Crippen LogP contribution in [0.1, 0.15) is 18.9 Å². The third kappa shape index (κ3) is 3.76. The predicted octanol–water partition coefficient (Wildman–Crippen LogP) is 4.26. The lowest BCUT2D eigenvalue weighted by molar-refractivity contribution is -0.135. The second-order valence-electron chi connectivity index (χ2n) is 4.98. The molecule has 0 saturated carbocycles. The Morgan fingerprint density at radius 3 is 2.73 bits per heavy atom. The minimum atomic E-state index is -0.334. The van der Waals surface area contributed by atoms with Crippen LogP contribution < -0.4 is 4.74 Å². The highest BCUT2D eigenvalue weighted by atomic mass is 16.5. The van der Waals surface area contributed by atoms with Crippen LogP contribution in [-0.4, -0.2) is 13.1 Å². The van der Waals surface area contributed by atoms with Gasteiger partial charge in [-0.2, -0.15) is 0 Å². The van der Waals surface area contributed by atoms with Crippen molar-refractivity contribution in [2.45, 2.75) is 20.3 Å². The first-order chi connectivity index (χ1) is 10.7. The van der Waals surface area contributed by atoms with Crippen molar-refractivity contribution in [3.8, 4) is 5.75 Å². The fraction of sp³-hybridized carbons (Fsp3) is 0.211. The van der Waals surface area contributed by atoms with Gasteiger partial charge in [-0.3, -0.25) is 0 Å². The Bertz CT molecular complexity index is 676. The van der Waals surface area contributed by atoms with Crippen LogP contribution in [0.5, 0.6) is 5.75 Å². The van der Waals surface area contributed by atoms with Crippen LogP contribution in [-0.2, 0) is 9.53 Å². The fourth-order valence-electron chi connectivity index (χ4n) is 2.22. The van der Waals surface area contributed by atoms with Gasteiger partial charge in [-0.1, -0.05) is 36.4 Å². The van der Waals surface area contributed by atoms with Gasteiger partial charge < -0.3 is 9.47 Å². The van der Waals surface area contributed by atoms with Crippen molar-refractivity contribution >= 4 is 5.97 Å². The normalized spacial score (nSPS) is 16.4. The first-order valence-corrected chi connectivity index (χ1v) is 7.20. The maximum atomic E-state index is 11.8. The quantitative estimate of drug-likeness (QED) is 0.473. The minimum absolute atomic E-state index is 0.334. The number of ether oxygens (including phenoxy) is 2. The lowest BCUT2D eigenvalue weighted by Gasteiger charge is -2.12. The van der Waals surface area contributed by atoms with E-state index in [1.165, 1.54) is 7.11 Å². The highest BCUT2D eigenvalue weighted by Gasteiger charge is 2.14. The molecule has 0 fully saturated rings. The first kappa shape index (κ1) is 15.8. The summed E-state index contributed by atoms with van der Waals surface area (Å²) in [5.41, 5.74) is 3.48. The lowest BCUT2D eigenvalue weighted by Crippen LogP contribution is -2.07. The summed E-state index contributed by atoms with van der Waals surface area (Å²) in [6.45, 7) is 3.83. The Morgan fingerprint density at radius 2 is 2.05 bits per heavy atom. The van der Waals surface area contributed by atoms with Gasteiger partial charge in [-0.25, -0.2) is 4.79 Å². The fourth-order valence-corrected chi connectivity index (χ4v) is 2.22. The molecule has 22 heavy (non-hydrogen) atoms. The largest absolute Gasteiger partial charge is 0.465 e. The second kappa shape index (κ2) is 7.46. The van der Waals surface area contributed by atoms with E-state index in [0.29, 0.717) is 5.57 Å². The molecule has 114 valence electrons. The Balaban J connectivity index is 2.20. The van der Waals surface area contributed by atoms with E-state index in [-0.39, 0.29) is 5.97 Å². The summed E-state index contributed by atoms with van der Waals surface area (Å²) in [5.74, 6) is 0.498. The SMILES string of the molecule is C/C=C(/C(=O)OC)C1=CC(=COc2ccccc2C)CC=C1. The molecule has 0 aromatic heterocycles. The van der Waals surface area contributed by atoms with E-state index in [2.05, 4.69) is 0 Å². The zero-order chi connectivity index (χ0) is 15.9. The number of rotatable bonds is 4. The zero-order valence-corrected chi connectivity index (χ0v) is 13.1. The van der Waals surface area contributed by atoms with E-state index in [4.69, 9.17) is 9.47 Å². The maximum Gasteiger partial charge on any atom is 0.338 e. The molecule has 0 saturated heterocycles. The molecular formula is C19H20O3. The third-order valence-corrected chi connectivity index (χ3v) is 3.43. The Hall–Kier alpha value is -2.55. The van der Waals surface area contributed by atoms with Crippen molar-refractivity contribution in [2.24, 2.45) is 0 Å². The van der Waals surface area contributed by atoms with Gasteiger partial charge in [0.15, 0.2) is 0 Å². The smallest absolute Gasteiger partial charge is 0.338 e. The number of carbonyl (C=O) groups excluding carboxylic acids is 1. The molecule has 0 amide bonds. The van der Waals surface area contributed by atoms with E-state index >= 15 is 0 Å². The van der Waals surface area contributed by atoms with Crippen LogP contribution in [0, 0.1) is 6.92 Å². The molecular weight excluding hydrogens is 276 g/mol. The highest BCUT2D eigenvalue weighted by molar-refractivity contribution is 5.94. The first-order valence-electron chi connectivity index (χ1n) is 7.20. The van der Waals surface area contributed by atoms with Crippen molar-refractivity contribution < 1.29 is 14.3 Å². The average molecular weight is 296 g/mol. The van der Waals surface area contributed by atoms with Gasteiger partial charge in [-0.05, 0) is 49.1 Å². The van der Waals surface area contributed by atoms with Gasteiger partial charge >= 0.3 is 5.97 Å². The number of carbonyl (C=O) groups is 1. The highest BCUT2D eigenvalue weighted by Crippen LogP contribution is 2.24. The van der Waals surface area contributed by atoms with Crippen LogP contribution in [0.2, 0.25) is 0 Å². The molecule has 1 aromatic carbocycles. The molecule has 1 aromatic rings. The van der Waals surface area contributed by atoms with E-state index in [9.17, 15) is 4.79 Å². The van der Waals surface area contributed by atoms with E-state index in [1.807, 2.05) is 56.3 Å². The molecule has 3 heteroatoms. The lowest BCUT2D eigenvalue weighted by atomic mass is 9.97. The number of hydrogen-bond acceptors (Lipinski definition) is 3. The number of hydrogen-bond donors (Lipinski definition) is 0. The summed E-state index contributed by atoms with van der Waals surface area (Å²) in [5, 5.41) is 0. The second-order valence-corrected chi connectivity index (χ2v) is 4.98. The molecule has 0 spiro atoms. The molecule has 0 aliphatic heterocycles. The standard InChI is InChI=1S/C19H20O3/c1-4-17(19(20)21-3)16-10-7-9-15(12-16)13-22-18-11-6-5-8-14(18)2/h4-8,10-13H,9H2,1-3H3/b15-13?,17-4+. The van der Waals surface area contributed by atoms with Gasteiger partial charge in [-0.15, -0.1) is 0 Å². The number of methoxy groups -OCH3 is 1. The molecule has 1 aliphatic rings. The van der Waals surface area contributed by atoms with Gasteiger partial charge in [0.25, 0.3) is 0 Å². The van der Waals surface area contributed by atoms with E-state index in [1.54, 1.807) is 12.3 Å². The molecule has 1 aliphatic carbocycles. The molecule has 0 radical (unpaired) electrons. The third-order valence-electron chi connectivity index (χ3n) is 3.43. The molecule has 0 bridgehead atoms. The van der Waals surface area contributed by atoms with Crippen LogP contribution in [0.15, 0.2) is 71.6 Å². The van der Waals surface area contributed by atoms with E-state index < -0.39 is 0 Å². The van der Waals surface area contributed by atoms with Crippen LogP contribution >= 0.6 is 0 Å². The predicted molar refractivity (Wildman–Crippen MR) is 87.5 cm³/mol. The minimum Gasteiger partial charge on any atom is -0.465 e.